The van der Waals surface area contributed by atoms with E-state index >= 15 is 0 Å². The molecular weight excluding hydrogens is 228 g/mol. The van der Waals surface area contributed by atoms with E-state index in [0.29, 0.717) is 12.3 Å². The maximum Gasteiger partial charge on any atom is 0.240 e. The fourth-order valence-electron chi connectivity index (χ4n) is 1.49. The van der Waals surface area contributed by atoms with E-state index < -0.39 is 0 Å². The third kappa shape index (κ3) is 3.54. The summed E-state index contributed by atoms with van der Waals surface area (Å²) in [5.74, 6) is 0.746. The number of aromatic nitrogens is 1. The molecule has 0 aliphatic heterocycles. The first kappa shape index (κ1) is 12.0. The molecule has 0 spiro atoms. The highest BCUT2D eigenvalue weighted by Crippen LogP contribution is 2.17. The molecule has 18 heavy (non-hydrogen) atoms. The van der Waals surface area contributed by atoms with Gasteiger partial charge in [-0.2, -0.15) is 4.99 Å². The predicted molar refractivity (Wildman–Crippen MR) is 67.7 cm³/mol. The summed E-state index contributed by atoms with van der Waals surface area (Å²) in [4.78, 5) is 17.8. The predicted octanol–water partition coefficient (Wildman–Crippen LogP) is 2.67. The zero-order valence-electron chi connectivity index (χ0n) is 9.74. The molecule has 4 heteroatoms. The van der Waals surface area contributed by atoms with E-state index in [1.54, 1.807) is 30.5 Å². The van der Waals surface area contributed by atoms with Crippen LogP contribution in [0.1, 0.15) is 5.69 Å². The van der Waals surface area contributed by atoms with Gasteiger partial charge in [-0.25, -0.2) is 4.79 Å². The van der Waals surface area contributed by atoms with Crippen LogP contribution in [0.25, 0.3) is 0 Å². The molecule has 0 amide bonds. The van der Waals surface area contributed by atoms with Crippen LogP contribution in [0.15, 0.2) is 53.7 Å². The average molecular weight is 240 g/mol. The Labute approximate surface area is 105 Å². The standard InChI is InChI=1S/C14H12N2O2/c17-11-16-13-4-6-14(7-5-13)18-10-8-12-3-1-2-9-15-12/h1-7,9H,8,10H2. The van der Waals surface area contributed by atoms with Crippen LogP contribution in [0.3, 0.4) is 0 Å². The van der Waals surface area contributed by atoms with Crippen LogP contribution < -0.4 is 4.74 Å². The number of carbonyl (C=O) groups excluding carboxylic acids is 1. The van der Waals surface area contributed by atoms with Gasteiger partial charge in [-0.05, 0) is 36.4 Å². The van der Waals surface area contributed by atoms with Crippen LogP contribution in [-0.2, 0) is 11.2 Å². The highest BCUT2D eigenvalue weighted by Gasteiger charge is 1.96. The molecule has 1 aromatic carbocycles. The molecule has 0 saturated carbocycles. The summed E-state index contributed by atoms with van der Waals surface area (Å²) >= 11 is 0. The molecule has 4 nitrogen and oxygen atoms in total. The van der Waals surface area contributed by atoms with E-state index in [1.807, 2.05) is 18.2 Å². The molecule has 0 unspecified atom stereocenters. The third-order valence-electron chi connectivity index (χ3n) is 2.36. The second kappa shape index (κ2) is 6.33. The lowest BCUT2D eigenvalue weighted by molar-refractivity contribution is 0.320. The molecule has 1 aromatic heterocycles. The van der Waals surface area contributed by atoms with Crippen molar-refractivity contribution in [3.63, 3.8) is 0 Å². The number of hydrogen-bond acceptors (Lipinski definition) is 4. The highest BCUT2D eigenvalue weighted by molar-refractivity contribution is 5.49. The number of ether oxygens (including phenoxy) is 1. The number of hydrogen-bond donors (Lipinski definition) is 0. The maximum atomic E-state index is 10.1. The second-order valence-electron chi connectivity index (χ2n) is 3.62. The molecule has 0 saturated heterocycles. The van der Waals surface area contributed by atoms with Gasteiger partial charge in [0, 0.05) is 18.3 Å². The quantitative estimate of drug-likeness (QED) is 0.596. The Bertz CT molecular complexity index is 531. The van der Waals surface area contributed by atoms with Crippen LogP contribution in [0.4, 0.5) is 5.69 Å². The molecule has 0 atom stereocenters. The van der Waals surface area contributed by atoms with Gasteiger partial charge in [0.25, 0.3) is 0 Å². The fourth-order valence-corrected chi connectivity index (χ4v) is 1.49. The molecule has 0 N–H and O–H groups in total. The zero-order chi connectivity index (χ0) is 12.6. The topological polar surface area (TPSA) is 51.5 Å². The number of rotatable bonds is 5. The van der Waals surface area contributed by atoms with Crippen LogP contribution in [0.2, 0.25) is 0 Å². The van der Waals surface area contributed by atoms with Crippen LogP contribution in [-0.4, -0.2) is 17.7 Å². The van der Waals surface area contributed by atoms with Gasteiger partial charge in [0.2, 0.25) is 6.08 Å². The SMILES string of the molecule is O=C=Nc1ccc(OCCc2ccccn2)cc1. The summed E-state index contributed by atoms with van der Waals surface area (Å²) in [6, 6.07) is 12.8. The van der Waals surface area contributed by atoms with E-state index in [0.717, 1.165) is 17.9 Å². The van der Waals surface area contributed by atoms with Crippen molar-refractivity contribution < 1.29 is 9.53 Å². The van der Waals surface area contributed by atoms with Gasteiger partial charge in [0.1, 0.15) is 5.75 Å². The Morgan fingerprint density at radius 1 is 1.17 bits per heavy atom. The first-order valence-corrected chi connectivity index (χ1v) is 5.59. The van der Waals surface area contributed by atoms with E-state index in [1.165, 1.54) is 6.08 Å². The summed E-state index contributed by atoms with van der Waals surface area (Å²) in [6.45, 7) is 0.563. The van der Waals surface area contributed by atoms with Crippen molar-refractivity contribution in [2.45, 2.75) is 6.42 Å². The van der Waals surface area contributed by atoms with Gasteiger partial charge < -0.3 is 4.74 Å². The Kier molecular flexibility index (Phi) is 4.22. The van der Waals surface area contributed by atoms with E-state index in [2.05, 4.69) is 9.98 Å². The van der Waals surface area contributed by atoms with Crippen molar-refractivity contribution in [2.24, 2.45) is 4.99 Å². The molecule has 2 aromatic rings. The van der Waals surface area contributed by atoms with Gasteiger partial charge in [-0.3, -0.25) is 4.98 Å². The number of benzene rings is 1. The van der Waals surface area contributed by atoms with E-state index in [4.69, 9.17) is 4.74 Å². The lowest BCUT2D eigenvalue weighted by atomic mass is 10.3. The molecule has 0 aliphatic carbocycles. The normalized spacial score (nSPS) is 9.56. The Hall–Kier alpha value is -2.45. The monoisotopic (exact) mass is 240 g/mol. The minimum Gasteiger partial charge on any atom is -0.493 e. The minimum atomic E-state index is 0.563. The Balaban J connectivity index is 1.85. The summed E-state index contributed by atoms with van der Waals surface area (Å²) in [6.07, 6.45) is 4.02. The summed E-state index contributed by atoms with van der Waals surface area (Å²) < 4.78 is 5.56. The first-order chi connectivity index (χ1) is 8.88. The maximum absolute atomic E-state index is 10.1. The molecule has 0 radical (unpaired) electrons. The Morgan fingerprint density at radius 2 is 2.00 bits per heavy atom. The number of isocyanates is 1. The Morgan fingerprint density at radius 3 is 2.67 bits per heavy atom. The highest BCUT2D eigenvalue weighted by atomic mass is 16.5. The average Bonchev–Trinajstić information content (AvgIpc) is 2.42. The lowest BCUT2D eigenvalue weighted by Gasteiger charge is -2.05. The molecule has 0 bridgehead atoms. The smallest absolute Gasteiger partial charge is 0.240 e. The van der Waals surface area contributed by atoms with Crippen molar-refractivity contribution in [3.05, 3.63) is 54.4 Å². The second-order valence-corrected chi connectivity index (χ2v) is 3.62. The molecular formula is C14H12N2O2. The van der Waals surface area contributed by atoms with Gasteiger partial charge >= 0.3 is 0 Å². The largest absolute Gasteiger partial charge is 0.493 e. The van der Waals surface area contributed by atoms with Crippen molar-refractivity contribution in [2.75, 3.05) is 6.61 Å². The summed E-state index contributed by atoms with van der Waals surface area (Å²) in [5.41, 5.74) is 1.57. The number of nitrogens with zero attached hydrogens (tertiary/aromatic N) is 2. The number of pyridine rings is 1. The molecule has 2 rings (SSSR count). The zero-order valence-corrected chi connectivity index (χ0v) is 9.74. The van der Waals surface area contributed by atoms with Crippen molar-refractivity contribution >= 4 is 11.8 Å². The van der Waals surface area contributed by atoms with Gasteiger partial charge in [0.05, 0.1) is 12.3 Å². The molecule has 0 aliphatic rings. The first-order valence-electron chi connectivity index (χ1n) is 5.59. The van der Waals surface area contributed by atoms with Gasteiger partial charge in [-0.1, -0.05) is 6.07 Å². The van der Waals surface area contributed by atoms with Crippen molar-refractivity contribution in [1.29, 1.82) is 0 Å². The fraction of sp³-hybridized carbons (Fsp3) is 0.143. The van der Waals surface area contributed by atoms with Crippen molar-refractivity contribution in [1.82, 2.24) is 4.98 Å². The molecule has 0 fully saturated rings. The number of aliphatic imine (C=N–C) groups is 1. The van der Waals surface area contributed by atoms with Crippen LogP contribution in [0, 0.1) is 0 Å². The van der Waals surface area contributed by atoms with Gasteiger partial charge in [-0.15, -0.1) is 0 Å². The van der Waals surface area contributed by atoms with Gasteiger partial charge in [0.15, 0.2) is 0 Å². The lowest BCUT2D eigenvalue weighted by Crippen LogP contribution is -2.02. The van der Waals surface area contributed by atoms with E-state index in [-0.39, 0.29) is 0 Å². The minimum absolute atomic E-state index is 0.563. The molecule has 90 valence electrons. The summed E-state index contributed by atoms with van der Waals surface area (Å²) in [7, 11) is 0. The summed E-state index contributed by atoms with van der Waals surface area (Å²) in [5, 5.41) is 0. The van der Waals surface area contributed by atoms with E-state index in [9.17, 15) is 4.79 Å². The van der Waals surface area contributed by atoms with Crippen LogP contribution >= 0.6 is 0 Å². The third-order valence-corrected chi connectivity index (χ3v) is 2.36. The van der Waals surface area contributed by atoms with Crippen molar-refractivity contribution in [3.8, 4) is 5.75 Å². The van der Waals surface area contributed by atoms with Crippen LogP contribution in [0.5, 0.6) is 5.75 Å². The molecule has 1 heterocycles.